The van der Waals surface area contributed by atoms with E-state index in [-0.39, 0.29) is 17.8 Å². The van der Waals surface area contributed by atoms with Crippen molar-refractivity contribution in [2.75, 3.05) is 13.7 Å². The van der Waals surface area contributed by atoms with Crippen molar-refractivity contribution in [3.63, 3.8) is 0 Å². The lowest BCUT2D eigenvalue weighted by Gasteiger charge is -2.30. The van der Waals surface area contributed by atoms with Gasteiger partial charge in [-0.25, -0.2) is 0 Å². The summed E-state index contributed by atoms with van der Waals surface area (Å²) in [5, 5.41) is 12.6. The Morgan fingerprint density at radius 2 is 1.90 bits per heavy atom. The molecule has 1 aromatic carbocycles. The highest BCUT2D eigenvalue weighted by Gasteiger charge is 2.50. The van der Waals surface area contributed by atoms with Crippen molar-refractivity contribution in [1.82, 2.24) is 5.32 Å². The molecule has 1 saturated carbocycles. The van der Waals surface area contributed by atoms with Crippen LogP contribution in [0.4, 0.5) is 0 Å². The van der Waals surface area contributed by atoms with Crippen molar-refractivity contribution in [3.05, 3.63) is 29.8 Å². The number of amides is 1. The normalized spacial score (nSPS) is 28.3. The zero-order valence-corrected chi connectivity index (χ0v) is 17.2. The minimum Gasteiger partial charge on any atom is -0.497 e. The maximum atomic E-state index is 12.9. The molecule has 3 rings (SSSR count). The van der Waals surface area contributed by atoms with Gasteiger partial charge in [-0.1, -0.05) is 12.1 Å². The van der Waals surface area contributed by atoms with E-state index in [1.807, 2.05) is 24.3 Å². The van der Waals surface area contributed by atoms with Gasteiger partial charge in [0.15, 0.2) is 5.78 Å². The predicted molar refractivity (Wildman–Crippen MR) is 109 cm³/mol. The van der Waals surface area contributed by atoms with Gasteiger partial charge in [-0.05, 0) is 69.1 Å². The van der Waals surface area contributed by atoms with Crippen LogP contribution in [0, 0.1) is 5.92 Å². The first-order chi connectivity index (χ1) is 13.8. The SMILES string of the molecule is COc1ccc(CC(N)C(=O)NC(CC2CCC(O)CC2)C(=O)C2(C)CO2)cc1. The second-order valence-electron chi connectivity index (χ2n) is 8.51. The third-order valence-electron chi connectivity index (χ3n) is 6.07. The summed E-state index contributed by atoms with van der Waals surface area (Å²) in [7, 11) is 1.60. The van der Waals surface area contributed by atoms with Crippen LogP contribution in [-0.4, -0.2) is 54.3 Å². The first-order valence-corrected chi connectivity index (χ1v) is 10.4. The third kappa shape index (κ3) is 5.78. The molecule has 1 amide bonds. The lowest BCUT2D eigenvalue weighted by molar-refractivity contribution is -0.131. The molecule has 1 saturated heterocycles. The first kappa shape index (κ1) is 21.7. The minimum absolute atomic E-state index is 0.0892. The fraction of sp³-hybridized carbons (Fsp3) is 0.636. The average molecular weight is 405 g/mol. The van der Waals surface area contributed by atoms with E-state index in [4.69, 9.17) is 15.2 Å². The molecule has 160 valence electrons. The summed E-state index contributed by atoms with van der Waals surface area (Å²) in [6.07, 6.45) is 3.88. The number of carbonyl (C=O) groups is 2. The fourth-order valence-electron chi connectivity index (χ4n) is 3.95. The minimum atomic E-state index is -0.799. The largest absolute Gasteiger partial charge is 0.497 e. The fourth-order valence-corrected chi connectivity index (χ4v) is 3.95. The molecule has 3 atom stereocenters. The van der Waals surface area contributed by atoms with Crippen LogP contribution in [-0.2, 0) is 20.7 Å². The Balaban J connectivity index is 1.60. The molecular formula is C22H32N2O5. The number of hydrogen-bond donors (Lipinski definition) is 3. The Labute approximate surface area is 171 Å². The second kappa shape index (κ2) is 9.24. The number of hydrogen-bond acceptors (Lipinski definition) is 6. The van der Waals surface area contributed by atoms with Gasteiger partial charge < -0.3 is 25.6 Å². The molecule has 0 radical (unpaired) electrons. The molecule has 29 heavy (non-hydrogen) atoms. The van der Waals surface area contributed by atoms with Gasteiger partial charge in [0.2, 0.25) is 5.91 Å². The summed E-state index contributed by atoms with van der Waals surface area (Å²) >= 11 is 0. The number of Topliss-reactive ketones (excluding diaryl/α,β-unsaturated/α-hetero) is 1. The number of aliphatic hydroxyl groups is 1. The quantitative estimate of drug-likeness (QED) is 0.535. The Kier molecular flexibility index (Phi) is 6.93. The van der Waals surface area contributed by atoms with Gasteiger partial charge in [0, 0.05) is 0 Å². The summed E-state index contributed by atoms with van der Waals surface area (Å²) in [6.45, 7) is 2.15. The summed E-state index contributed by atoms with van der Waals surface area (Å²) in [5.74, 6) is 0.619. The number of carbonyl (C=O) groups excluding carboxylic acids is 2. The van der Waals surface area contributed by atoms with Crippen molar-refractivity contribution in [3.8, 4) is 5.75 Å². The van der Waals surface area contributed by atoms with Crippen LogP contribution in [0.2, 0.25) is 0 Å². The van der Waals surface area contributed by atoms with Crippen LogP contribution in [0.15, 0.2) is 24.3 Å². The van der Waals surface area contributed by atoms with Crippen molar-refractivity contribution in [1.29, 1.82) is 0 Å². The number of rotatable bonds is 9. The zero-order chi connectivity index (χ0) is 21.0. The summed E-state index contributed by atoms with van der Waals surface area (Å²) in [6, 6.07) is 6.04. The average Bonchev–Trinajstić information content (AvgIpc) is 3.47. The van der Waals surface area contributed by atoms with Gasteiger partial charge in [-0.3, -0.25) is 9.59 Å². The molecule has 1 aromatic rings. The number of benzene rings is 1. The molecule has 2 aliphatic rings. The highest BCUT2D eigenvalue weighted by molar-refractivity contribution is 5.97. The third-order valence-corrected chi connectivity index (χ3v) is 6.07. The maximum Gasteiger partial charge on any atom is 0.237 e. The predicted octanol–water partition coefficient (Wildman–Crippen LogP) is 1.35. The van der Waals surface area contributed by atoms with Crippen LogP contribution in [0.5, 0.6) is 5.75 Å². The van der Waals surface area contributed by atoms with E-state index in [0.29, 0.717) is 25.4 Å². The molecule has 0 aromatic heterocycles. The lowest BCUT2D eigenvalue weighted by Crippen LogP contribution is -2.52. The van der Waals surface area contributed by atoms with Crippen molar-refractivity contribution < 1.29 is 24.2 Å². The molecule has 1 aliphatic carbocycles. The Morgan fingerprint density at radius 3 is 2.45 bits per heavy atom. The van der Waals surface area contributed by atoms with E-state index in [1.54, 1.807) is 14.0 Å². The molecule has 7 nitrogen and oxygen atoms in total. The molecule has 3 unspecified atom stereocenters. The molecule has 4 N–H and O–H groups in total. The van der Waals surface area contributed by atoms with Gasteiger partial charge in [0.25, 0.3) is 0 Å². The topological polar surface area (TPSA) is 114 Å². The number of nitrogens with two attached hydrogens (primary N) is 1. The monoisotopic (exact) mass is 404 g/mol. The number of epoxide rings is 1. The smallest absolute Gasteiger partial charge is 0.237 e. The number of nitrogens with one attached hydrogen (secondary N) is 1. The van der Waals surface area contributed by atoms with Gasteiger partial charge in [-0.15, -0.1) is 0 Å². The molecule has 1 aliphatic heterocycles. The maximum absolute atomic E-state index is 12.9. The van der Waals surface area contributed by atoms with E-state index in [0.717, 1.165) is 37.0 Å². The molecule has 0 bridgehead atoms. The highest BCUT2D eigenvalue weighted by Crippen LogP contribution is 2.33. The number of aliphatic hydroxyl groups excluding tert-OH is 1. The molecule has 0 spiro atoms. The van der Waals surface area contributed by atoms with Crippen molar-refractivity contribution in [2.24, 2.45) is 11.7 Å². The number of methoxy groups -OCH3 is 1. The highest BCUT2D eigenvalue weighted by atomic mass is 16.6. The van der Waals surface area contributed by atoms with Gasteiger partial charge in [0.1, 0.15) is 11.4 Å². The Bertz CT molecular complexity index is 708. The summed E-state index contributed by atoms with van der Waals surface area (Å²) in [4.78, 5) is 25.6. The Hall–Kier alpha value is -1.96. The van der Waals surface area contributed by atoms with E-state index < -0.39 is 17.7 Å². The molecule has 2 fully saturated rings. The van der Waals surface area contributed by atoms with Crippen LogP contribution < -0.4 is 15.8 Å². The van der Waals surface area contributed by atoms with Crippen molar-refractivity contribution >= 4 is 11.7 Å². The van der Waals surface area contributed by atoms with Crippen LogP contribution in [0.3, 0.4) is 0 Å². The van der Waals surface area contributed by atoms with Crippen LogP contribution in [0.1, 0.15) is 44.6 Å². The Morgan fingerprint density at radius 1 is 1.28 bits per heavy atom. The van der Waals surface area contributed by atoms with Gasteiger partial charge >= 0.3 is 0 Å². The summed E-state index contributed by atoms with van der Waals surface area (Å²) in [5.41, 5.74) is 6.25. The van der Waals surface area contributed by atoms with E-state index in [1.165, 1.54) is 0 Å². The molecule has 1 heterocycles. The van der Waals surface area contributed by atoms with Crippen LogP contribution >= 0.6 is 0 Å². The number of ether oxygens (including phenoxy) is 2. The first-order valence-electron chi connectivity index (χ1n) is 10.4. The van der Waals surface area contributed by atoms with Crippen molar-refractivity contribution in [2.45, 2.75) is 69.2 Å². The molecular weight excluding hydrogens is 372 g/mol. The van der Waals surface area contributed by atoms with Gasteiger partial charge in [-0.2, -0.15) is 0 Å². The van der Waals surface area contributed by atoms with E-state index in [9.17, 15) is 14.7 Å². The van der Waals surface area contributed by atoms with E-state index >= 15 is 0 Å². The zero-order valence-electron chi connectivity index (χ0n) is 17.2. The lowest BCUT2D eigenvalue weighted by atomic mass is 9.81. The van der Waals surface area contributed by atoms with E-state index in [2.05, 4.69) is 5.32 Å². The van der Waals surface area contributed by atoms with Crippen LogP contribution in [0.25, 0.3) is 0 Å². The standard InChI is InChI=1S/C22H32N2O5/c1-22(13-29-22)20(26)19(12-15-3-7-16(25)8-4-15)24-21(27)18(23)11-14-5-9-17(28-2)10-6-14/h5-6,9-10,15-16,18-19,25H,3-4,7-8,11-13,23H2,1-2H3,(H,24,27). The number of ketones is 1. The second-order valence-corrected chi connectivity index (χ2v) is 8.51. The summed E-state index contributed by atoms with van der Waals surface area (Å²) < 4.78 is 10.5. The van der Waals surface area contributed by atoms with Gasteiger partial charge in [0.05, 0.1) is 31.9 Å². The molecule has 7 heteroatoms.